The number of nitrogens with one attached hydrogen (secondary N) is 1. The predicted octanol–water partition coefficient (Wildman–Crippen LogP) is 2.85. The zero-order valence-corrected chi connectivity index (χ0v) is 16.3. The van der Waals surface area contributed by atoms with Gasteiger partial charge in [0.2, 0.25) is 15.9 Å². The molecule has 0 unspecified atom stereocenters. The van der Waals surface area contributed by atoms with Gasteiger partial charge in [-0.25, -0.2) is 8.42 Å². The zero-order valence-electron chi connectivity index (χ0n) is 14.8. The van der Waals surface area contributed by atoms with E-state index in [0.717, 1.165) is 9.87 Å². The molecule has 1 atom stereocenters. The summed E-state index contributed by atoms with van der Waals surface area (Å²) < 4.78 is 31.2. The monoisotopic (exact) mass is 396 g/mol. The first-order chi connectivity index (χ1) is 12.3. The smallest absolute Gasteiger partial charge is 0.243 e. The van der Waals surface area contributed by atoms with E-state index in [0.29, 0.717) is 5.75 Å². The van der Waals surface area contributed by atoms with Crippen molar-refractivity contribution in [2.24, 2.45) is 0 Å². The third-order valence-corrected chi connectivity index (χ3v) is 5.97. The van der Waals surface area contributed by atoms with Crippen LogP contribution in [0.25, 0.3) is 0 Å². The van der Waals surface area contributed by atoms with Crippen LogP contribution in [0.3, 0.4) is 0 Å². The molecule has 140 valence electrons. The Morgan fingerprint density at radius 3 is 2.46 bits per heavy atom. The van der Waals surface area contributed by atoms with Crippen molar-refractivity contribution < 1.29 is 17.9 Å². The van der Waals surface area contributed by atoms with Crippen LogP contribution >= 0.6 is 11.6 Å². The van der Waals surface area contributed by atoms with Crippen molar-refractivity contribution in [2.45, 2.75) is 17.9 Å². The average molecular weight is 397 g/mol. The van der Waals surface area contributed by atoms with Crippen LogP contribution in [0.4, 0.5) is 0 Å². The highest BCUT2D eigenvalue weighted by Gasteiger charge is 2.24. The van der Waals surface area contributed by atoms with E-state index in [1.807, 2.05) is 37.3 Å². The first kappa shape index (κ1) is 20.2. The van der Waals surface area contributed by atoms with Gasteiger partial charge in [-0.05, 0) is 30.7 Å². The molecule has 0 heterocycles. The van der Waals surface area contributed by atoms with Crippen LogP contribution in [0.5, 0.6) is 5.75 Å². The summed E-state index contributed by atoms with van der Waals surface area (Å²) in [6.45, 7) is 1.54. The Labute approximate surface area is 158 Å². The van der Waals surface area contributed by atoms with Crippen LogP contribution in [0, 0.1) is 0 Å². The Hall–Kier alpha value is -2.09. The van der Waals surface area contributed by atoms with E-state index in [1.165, 1.54) is 32.4 Å². The van der Waals surface area contributed by atoms with E-state index in [9.17, 15) is 13.2 Å². The lowest BCUT2D eigenvalue weighted by molar-refractivity contribution is -0.121. The van der Waals surface area contributed by atoms with Gasteiger partial charge in [-0.1, -0.05) is 41.9 Å². The molecule has 0 spiro atoms. The second-order valence-electron chi connectivity index (χ2n) is 5.76. The van der Waals surface area contributed by atoms with Gasteiger partial charge < -0.3 is 10.1 Å². The molecule has 1 N–H and O–H groups in total. The number of methoxy groups -OCH3 is 1. The molecule has 6 nitrogen and oxygen atoms in total. The number of halogens is 1. The molecule has 0 fully saturated rings. The van der Waals surface area contributed by atoms with Crippen LogP contribution in [0.1, 0.15) is 18.5 Å². The summed E-state index contributed by atoms with van der Waals surface area (Å²) in [5, 5.41) is 2.97. The van der Waals surface area contributed by atoms with Gasteiger partial charge in [0.25, 0.3) is 0 Å². The fraction of sp³-hybridized carbons (Fsp3) is 0.278. The second-order valence-corrected chi connectivity index (χ2v) is 8.21. The summed E-state index contributed by atoms with van der Waals surface area (Å²) in [6.07, 6.45) is 0. The third-order valence-electron chi connectivity index (χ3n) is 3.87. The van der Waals surface area contributed by atoms with Crippen molar-refractivity contribution in [1.29, 1.82) is 0 Å². The highest BCUT2D eigenvalue weighted by atomic mass is 35.5. The lowest BCUT2D eigenvalue weighted by Crippen LogP contribution is -2.39. The Morgan fingerprint density at radius 1 is 1.23 bits per heavy atom. The largest absolute Gasteiger partial charge is 0.495 e. The number of likely N-dealkylation sites (N-methyl/N-ethyl adjacent to an activating group) is 1. The molecule has 0 aliphatic carbocycles. The number of ether oxygens (including phenoxy) is 1. The van der Waals surface area contributed by atoms with Gasteiger partial charge >= 0.3 is 0 Å². The molecular weight excluding hydrogens is 376 g/mol. The maximum Gasteiger partial charge on any atom is 0.243 e. The Kier molecular flexibility index (Phi) is 6.63. The summed E-state index contributed by atoms with van der Waals surface area (Å²) in [7, 11) is -1.06. The first-order valence-electron chi connectivity index (χ1n) is 7.90. The predicted molar refractivity (Wildman–Crippen MR) is 101 cm³/mol. The topological polar surface area (TPSA) is 75.7 Å². The fourth-order valence-corrected chi connectivity index (χ4v) is 3.86. The Morgan fingerprint density at radius 2 is 1.88 bits per heavy atom. The summed E-state index contributed by atoms with van der Waals surface area (Å²) >= 11 is 6.00. The maximum atomic E-state index is 12.6. The maximum absolute atomic E-state index is 12.6. The highest BCUT2D eigenvalue weighted by molar-refractivity contribution is 7.89. The van der Waals surface area contributed by atoms with Crippen LogP contribution in [-0.2, 0) is 14.8 Å². The lowest BCUT2D eigenvalue weighted by atomic mass is 10.1. The number of hydrogen-bond acceptors (Lipinski definition) is 4. The van der Waals surface area contributed by atoms with Crippen molar-refractivity contribution >= 4 is 27.5 Å². The number of benzene rings is 2. The number of hydrogen-bond donors (Lipinski definition) is 1. The zero-order chi connectivity index (χ0) is 19.3. The van der Waals surface area contributed by atoms with Gasteiger partial charge in [0, 0.05) is 7.05 Å². The van der Waals surface area contributed by atoms with Crippen molar-refractivity contribution in [3.05, 3.63) is 59.1 Å². The van der Waals surface area contributed by atoms with Gasteiger partial charge in [-0.2, -0.15) is 4.31 Å². The number of carbonyl (C=O) groups excluding carboxylic acids is 1. The molecule has 0 radical (unpaired) electrons. The van der Waals surface area contributed by atoms with Crippen LogP contribution in [-0.4, -0.2) is 39.3 Å². The lowest BCUT2D eigenvalue weighted by Gasteiger charge is -2.19. The van der Waals surface area contributed by atoms with E-state index in [4.69, 9.17) is 16.3 Å². The Bertz CT molecular complexity index is 872. The number of amides is 1. The number of carbonyl (C=O) groups is 1. The number of nitrogens with zero attached hydrogens (tertiary/aromatic N) is 1. The molecule has 2 rings (SSSR count). The van der Waals surface area contributed by atoms with Crippen molar-refractivity contribution in [2.75, 3.05) is 20.7 Å². The fourth-order valence-electron chi connectivity index (χ4n) is 2.39. The molecule has 0 saturated carbocycles. The van der Waals surface area contributed by atoms with Gasteiger partial charge in [-0.3, -0.25) is 4.79 Å². The minimum absolute atomic E-state index is 0.00490. The standard InChI is InChI=1S/C18H21ClN2O4S/c1-13(14-7-5-4-6-8-14)20-18(22)12-21(2)26(23,24)15-9-10-17(25-3)16(19)11-15/h4-11,13H,12H2,1-3H3,(H,20,22)/t13-/m1/s1. The summed E-state index contributed by atoms with van der Waals surface area (Å²) in [5.74, 6) is -0.0188. The van der Waals surface area contributed by atoms with E-state index >= 15 is 0 Å². The quantitative estimate of drug-likeness (QED) is 0.780. The molecule has 0 aliphatic heterocycles. The number of rotatable bonds is 7. The average Bonchev–Trinajstić information content (AvgIpc) is 2.62. The van der Waals surface area contributed by atoms with Gasteiger partial charge in [-0.15, -0.1) is 0 Å². The third kappa shape index (κ3) is 4.75. The highest BCUT2D eigenvalue weighted by Crippen LogP contribution is 2.28. The molecule has 0 aromatic heterocycles. The second kappa shape index (κ2) is 8.53. The molecule has 0 saturated heterocycles. The molecular formula is C18H21ClN2O4S. The summed E-state index contributed by atoms with van der Waals surface area (Å²) in [4.78, 5) is 12.2. The van der Waals surface area contributed by atoms with Crippen LogP contribution in [0.2, 0.25) is 5.02 Å². The molecule has 0 aliphatic rings. The van der Waals surface area contributed by atoms with E-state index in [1.54, 1.807) is 0 Å². The molecule has 2 aromatic rings. The van der Waals surface area contributed by atoms with Crippen molar-refractivity contribution in [3.63, 3.8) is 0 Å². The normalized spacial score (nSPS) is 12.7. The van der Waals surface area contributed by atoms with Crippen LogP contribution < -0.4 is 10.1 Å². The molecule has 1 amide bonds. The molecule has 0 bridgehead atoms. The SMILES string of the molecule is COc1ccc(S(=O)(=O)N(C)CC(=O)N[C@H](C)c2ccccc2)cc1Cl. The van der Waals surface area contributed by atoms with E-state index < -0.39 is 15.9 Å². The molecule has 26 heavy (non-hydrogen) atoms. The van der Waals surface area contributed by atoms with Gasteiger partial charge in [0.15, 0.2) is 0 Å². The van der Waals surface area contributed by atoms with Crippen molar-refractivity contribution in [3.8, 4) is 5.75 Å². The minimum Gasteiger partial charge on any atom is -0.495 e. The van der Waals surface area contributed by atoms with E-state index in [2.05, 4.69) is 5.32 Å². The summed E-state index contributed by atoms with van der Waals surface area (Å²) in [6, 6.07) is 13.4. The Balaban J connectivity index is 2.06. The molecule has 2 aromatic carbocycles. The van der Waals surface area contributed by atoms with Crippen LogP contribution in [0.15, 0.2) is 53.4 Å². The number of sulfonamides is 1. The molecule has 8 heteroatoms. The van der Waals surface area contributed by atoms with Gasteiger partial charge in [0.05, 0.1) is 29.6 Å². The van der Waals surface area contributed by atoms with E-state index in [-0.39, 0.29) is 22.5 Å². The van der Waals surface area contributed by atoms with Crippen molar-refractivity contribution in [1.82, 2.24) is 9.62 Å². The summed E-state index contributed by atoms with van der Waals surface area (Å²) in [5.41, 5.74) is 0.938. The van der Waals surface area contributed by atoms with Gasteiger partial charge in [0.1, 0.15) is 5.75 Å². The first-order valence-corrected chi connectivity index (χ1v) is 9.71. The minimum atomic E-state index is -3.85.